The van der Waals surface area contributed by atoms with Crippen molar-refractivity contribution in [1.82, 2.24) is 9.97 Å². The summed E-state index contributed by atoms with van der Waals surface area (Å²) in [5.41, 5.74) is -2.52. The number of hydrogen-bond acceptors (Lipinski definition) is 4. The van der Waals surface area contributed by atoms with E-state index in [4.69, 9.17) is 11.6 Å². The predicted octanol–water partition coefficient (Wildman–Crippen LogP) is 8.05. The third-order valence-electron chi connectivity index (χ3n) is 5.45. The standard InChI is InChI=1S/C25H17ClF7N3S/c26-18-6-7-21(34-13-18)23(11-15-4-2-1-3-5-15,16-8-17(25(31,32)33)10-19(27)9-16)36-22-35-20(14-37-22)12-24(28,29)30/h1-10,13-14H,11-12H2,(H,35,36). The van der Waals surface area contributed by atoms with E-state index < -0.39 is 35.7 Å². The molecule has 0 aliphatic rings. The van der Waals surface area contributed by atoms with Gasteiger partial charge in [-0.25, -0.2) is 9.37 Å². The second-order valence-electron chi connectivity index (χ2n) is 8.22. The van der Waals surface area contributed by atoms with Gasteiger partial charge in [0.1, 0.15) is 11.4 Å². The number of alkyl halides is 6. The molecule has 2 aromatic heterocycles. The summed E-state index contributed by atoms with van der Waals surface area (Å²) in [6, 6.07) is 13.6. The minimum absolute atomic E-state index is 0.00949. The second-order valence-corrected chi connectivity index (χ2v) is 9.51. The van der Waals surface area contributed by atoms with Gasteiger partial charge in [0.15, 0.2) is 5.13 Å². The molecule has 0 aliphatic carbocycles. The molecule has 2 heterocycles. The Morgan fingerprint density at radius 2 is 1.57 bits per heavy atom. The number of aromatic nitrogens is 2. The summed E-state index contributed by atoms with van der Waals surface area (Å²) in [6.45, 7) is 0. The molecule has 0 radical (unpaired) electrons. The highest BCUT2D eigenvalue weighted by atomic mass is 35.5. The van der Waals surface area contributed by atoms with Crippen LogP contribution in [0, 0.1) is 5.82 Å². The zero-order valence-corrected chi connectivity index (χ0v) is 20.2. The van der Waals surface area contributed by atoms with Crippen molar-refractivity contribution < 1.29 is 30.7 Å². The zero-order chi connectivity index (χ0) is 26.8. The van der Waals surface area contributed by atoms with Crippen LogP contribution in [-0.2, 0) is 24.6 Å². The van der Waals surface area contributed by atoms with Crippen LogP contribution >= 0.6 is 22.9 Å². The molecule has 1 atom stereocenters. The highest BCUT2D eigenvalue weighted by Gasteiger charge is 2.40. The lowest BCUT2D eigenvalue weighted by Crippen LogP contribution is -2.40. The molecule has 0 spiro atoms. The van der Waals surface area contributed by atoms with Crippen molar-refractivity contribution in [2.45, 2.75) is 30.7 Å². The first kappa shape index (κ1) is 26.9. The van der Waals surface area contributed by atoms with Gasteiger partial charge in [-0.05, 0) is 41.5 Å². The molecule has 194 valence electrons. The van der Waals surface area contributed by atoms with Crippen LogP contribution in [0.4, 0.5) is 35.9 Å². The van der Waals surface area contributed by atoms with Gasteiger partial charge in [0.2, 0.25) is 0 Å². The van der Waals surface area contributed by atoms with Crippen molar-refractivity contribution in [2.75, 3.05) is 5.32 Å². The van der Waals surface area contributed by atoms with E-state index in [0.29, 0.717) is 11.6 Å². The summed E-state index contributed by atoms with van der Waals surface area (Å²) >= 11 is 6.84. The average molecular weight is 560 g/mol. The first-order valence-corrected chi connectivity index (χ1v) is 11.9. The van der Waals surface area contributed by atoms with Crippen molar-refractivity contribution in [3.63, 3.8) is 0 Å². The van der Waals surface area contributed by atoms with Gasteiger partial charge in [0.25, 0.3) is 0 Å². The number of thiazole rings is 1. The van der Waals surface area contributed by atoms with Crippen LogP contribution in [0.5, 0.6) is 0 Å². The van der Waals surface area contributed by atoms with Crippen molar-refractivity contribution in [2.24, 2.45) is 0 Å². The monoisotopic (exact) mass is 559 g/mol. The summed E-state index contributed by atoms with van der Waals surface area (Å²) in [5.74, 6) is -1.14. The van der Waals surface area contributed by atoms with Crippen LogP contribution < -0.4 is 5.32 Å². The van der Waals surface area contributed by atoms with E-state index in [1.165, 1.54) is 23.7 Å². The van der Waals surface area contributed by atoms with Crippen molar-refractivity contribution in [3.05, 3.63) is 111 Å². The predicted molar refractivity (Wildman–Crippen MR) is 127 cm³/mol. The van der Waals surface area contributed by atoms with Crippen LogP contribution in [0.2, 0.25) is 5.02 Å². The molecule has 4 rings (SSSR count). The molecule has 0 fully saturated rings. The minimum atomic E-state index is -4.86. The Morgan fingerprint density at radius 3 is 2.19 bits per heavy atom. The normalized spacial score (nSPS) is 13.8. The minimum Gasteiger partial charge on any atom is -0.346 e. The molecule has 2 aromatic carbocycles. The van der Waals surface area contributed by atoms with Gasteiger partial charge in [-0.1, -0.05) is 41.9 Å². The average Bonchev–Trinajstić information content (AvgIpc) is 3.23. The largest absolute Gasteiger partial charge is 0.416 e. The Kier molecular flexibility index (Phi) is 7.48. The first-order valence-electron chi connectivity index (χ1n) is 10.7. The summed E-state index contributed by atoms with van der Waals surface area (Å²) in [5, 5.41) is 4.44. The smallest absolute Gasteiger partial charge is 0.346 e. The summed E-state index contributed by atoms with van der Waals surface area (Å²) in [7, 11) is 0. The molecule has 4 aromatic rings. The number of rotatable bonds is 7. The second kappa shape index (κ2) is 10.3. The summed E-state index contributed by atoms with van der Waals surface area (Å²) in [4.78, 5) is 8.31. The number of benzene rings is 2. The zero-order valence-electron chi connectivity index (χ0n) is 18.7. The van der Waals surface area contributed by atoms with Crippen LogP contribution in [0.3, 0.4) is 0 Å². The number of nitrogens with zero attached hydrogens (tertiary/aromatic N) is 2. The van der Waals surface area contributed by atoms with E-state index in [9.17, 15) is 30.7 Å². The molecule has 0 saturated carbocycles. The van der Waals surface area contributed by atoms with E-state index in [-0.39, 0.29) is 33.5 Å². The number of halogens is 8. The highest BCUT2D eigenvalue weighted by Crippen LogP contribution is 2.40. The first-order chi connectivity index (χ1) is 17.3. The molecule has 1 unspecified atom stereocenters. The van der Waals surface area contributed by atoms with Gasteiger partial charge in [-0.2, -0.15) is 26.3 Å². The maximum Gasteiger partial charge on any atom is 0.416 e. The Morgan fingerprint density at radius 1 is 0.865 bits per heavy atom. The number of nitrogens with one attached hydrogen (secondary N) is 1. The van der Waals surface area contributed by atoms with Gasteiger partial charge >= 0.3 is 12.4 Å². The van der Waals surface area contributed by atoms with Gasteiger partial charge in [-0.3, -0.25) is 4.98 Å². The maximum absolute atomic E-state index is 14.6. The van der Waals surface area contributed by atoms with Gasteiger partial charge < -0.3 is 5.32 Å². The van der Waals surface area contributed by atoms with Crippen molar-refractivity contribution >= 4 is 28.1 Å². The lowest BCUT2D eigenvalue weighted by Gasteiger charge is -2.36. The molecule has 12 heteroatoms. The van der Waals surface area contributed by atoms with Crippen LogP contribution in [0.25, 0.3) is 0 Å². The third kappa shape index (κ3) is 6.58. The summed E-state index contributed by atoms with van der Waals surface area (Å²) in [6.07, 6.45) is -9.41. The topological polar surface area (TPSA) is 37.8 Å². The number of anilines is 1. The van der Waals surface area contributed by atoms with Crippen LogP contribution in [0.15, 0.2) is 72.2 Å². The molecule has 0 aliphatic heterocycles. The molecule has 0 amide bonds. The number of hydrogen-bond donors (Lipinski definition) is 1. The fourth-order valence-corrected chi connectivity index (χ4v) is 4.78. The summed E-state index contributed by atoms with van der Waals surface area (Å²) < 4.78 is 94.4. The number of pyridine rings is 1. The van der Waals surface area contributed by atoms with E-state index >= 15 is 0 Å². The molecule has 3 nitrogen and oxygen atoms in total. The lowest BCUT2D eigenvalue weighted by molar-refractivity contribution is -0.137. The molecule has 37 heavy (non-hydrogen) atoms. The molecular weight excluding hydrogens is 543 g/mol. The van der Waals surface area contributed by atoms with Crippen molar-refractivity contribution in [3.8, 4) is 0 Å². The third-order valence-corrected chi connectivity index (χ3v) is 6.48. The highest BCUT2D eigenvalue weighted by molar-refractivity contribution is 7.13. The molecule has 0 bridgehead atoms. The molecule has 0 saturated heterocycles. The van der Waals surface area contributed by atoms with Crippen LogP contribution in [0.1, 0.15) is 28.1 Å². The Balaban J connectivity index is 1.94. The fraction of sp³-hybridized carbons (Fsp3) is 0.200. The quantitative estimate of drug-likeness (QED) is 0.233. The van der Waals surface area contributed by atoms with E-state index in [1.807, 2.05) is 0 Å². The Labute approximate surface area is 216 Å². The van der Waals surface area contributed by atoms with E-state index in [2.05, 4.69) is 15.3 Å². The Hall–Kier alpha value is -3.18. The van der Waals surface area contributed by atoms with E-state index in [1.54, 1.807) is 30.3 Å². The lowest BCUT2D eigenvalue weighted by atomic mass is 9.80. The fourth-order valence-electron chi connectivity index (χ4n) is 3.88. The van der Waals surface area contributed by atoms with Crippen LogP contribution in [-0.4, -0.2) is 16.1 Å². The molecule has 1 N–H and O–H groups in total. The van der Waals surface area contributed by atoms with Crippen molar-refractivity contribution in [1.29, 1.82) is 0 Å². The van der Waals surface area contributed by atoms with E-state index in [0.717, 1.165) is 23.5 Å². The van der Waals surface area contributed by atoms with Gasteiger partial charge in [0, 0.05) is 18.0 Å². The molecular formula is C25H17ClF7N3S. The maximum atomic E-state index is 14.6. The SMILES string of the molecule is Fc1cc(C(F)(F)F)cc(C(Cc2ccccc2)(Nc2nc(CC(F)(F)F)cs2)c2ccc(Cl)cn2)c1. The van der Waals surface area contributed by atoms with Gasteiger partial charge in [-0.15, -0.1) is 11.3 Å². The van der Waals surface area contributed by atoms with Gasteiger partial charge in [0.05, 0.1) is 28.4 Å². The Bertz CT molecular complexity index is 1360.